The minimum Gasteiger partial charge on any atom is -0.380 e. The summed E-state index contributed by atoms with van der Waals surface area (Å²) in [7, 11) is 0. The first-order valence-electron chi connectivity index (χ1n) is 6.74. The maximum absolute atomic E-state index is 5.57. The molecule has 17 heavy (non-hydrogen) atoms. The standard InChI is InChI=1S/C14H25NOS/c1-2-3-4-5-6-10-16-11-9-15-13-14-8-7-12-17-14/h7-8,12,15H,2-6,9-11,13H2,1H3. The Morgan fingerprint density at radius 2 is 2.06 bits per heavy atom. The second-order valence-electron chi connectivity index (χ2n) is 4.28. The zero-order chi connectivity index (χ0) is 12.2. The van der Waals surface area contributed by atoms with E-state index in [0.29, 0.717) is 0 Å². The van der Waals surface area contributed by atoms with Crippen molar-refractivity contribution in [3.8, 4) is 0 Å². The first-order valence-corrected chi connectivity index (χ1v) is 7.62. The molecule has 0 aliphatic rings. The molecular formula is C14H25NOS. The Kier molecular flexibility index (Phi) is 9.29. The molecular weight excluding hydrogens is 230 g/mol. The fourth-order valence-electron chi connectivity index (χ4n) is 1.68. The lowest BCUT2D eigenvalue weighted by molar-refractivity contribution is 0.131. The Balaban J connectivity index is 1.76. The van der Waals surface area contributed by atoms with Gasteiger partial charge in [0.15, 0.2) is 0 Å². The van der Waals surface area contributed by atoms with E-state index in [2.05, 4.69) is 29.8 Å². The van der Waals surface area contributed by atoms with E-state index in [1.54, 1.807) is 11.3 Å². The predicted molar refractivity (Wildman–Crippen MR) is 75.6 cm³/mol. The minimum absolute atomic E-state index is 0.832. The number of unbranched alkanes of at least 4 members (excludes halogenated alkanes) is 4. The van der Waals surface area contributed by atoms with Crippen LogP contribution in [0.5, 0.6) is 0 Å². The molecule has 0 aliphatic carbocycles. The van der Waals surface area contributed by atoms with Crippen molar-refractivity contribution in [2.45, 2.75) is 45.6 Å². The monoisotopic (exact) mass is 255 g/mol. The Bertz CT molecular complexity index is 249. The van der Waals surface area contributed by atoms with Gasteiger partial charge in [-0.3, -0.25) is 0 Å². The maximum Gasteiger partial charge on any atom is 0.0591 e. The molecule has 0 unspecified atom stereocenters. The Morgan fingerprint density at radius 1 is 1.18 bits per heavy atom. The third kappa shape index (κ3) is 8.36. The number of hydrogen-bond acceptors (Lipinski definition) is 3. The number of hydrogen-bond donors (Lipinski definition) is 1. The molecule has 3 heteroatoms. The summed E-state index contributed by atoms with van der Waals surface area (Å²) in [6, 6.07) is 4.25. The Hall–Kier alpha value is -0.380. The highest BCUT2D eigenvalue weighted by molar-refractivity contribution is 7.09. The lowest BCUT2D eigenvalue weighted by atomic mass is 10.2. The third-order valence-corrected chi connectivity index (χ3v) is 3.57. The molecule has 1 rings (SSSR count). The first kappa shape index (κ1) is 14.7. The van der Waals surface area contributed by atoms with Gasteiger partial charge in [-0.15, -0.1) is 11.3 Å². The van der Waals surface area contributed by atoms with Crippen LogP contribution in [0.4, 0.5) is 0 Å². The first-order chi connectivity index (χ1) is 8.43. The highest BCUT2D eigenvalue weighted by Gasteiger charge is 1.93. The second kappa shape index (κ2) is 10.8. The van der Waals surface area contributed by atoms with Gasteiger partial charge in [-0.25, -0.2) is 0 Å². The molecule has 1 aromatic rings. The van der Waals surface area contributed by atoms with Gasteiger partial charge in [0.05, 0.1) is 6.61 Å². The topological polar surface area (TPSA) is 21.3 Å². The van der Waals surface area contributed by atoms with Crippen LogP contribution in [0.15, 0.2) is 17.5 Å². The van der Waals surface area contributed by atoms with Crippen LogP contribution in [0.2, 0.25) is 0 Å². The number of ether oxygens (including phenoxy) is 1. The summed E-state index contributed by atoms with van der Waals surface area (Å²) in [5.41, 5.74) is 0. The Morgan fingerprint density at radius 3 is 2.82 bits per heavy atom. The molecule has 0 aromatic carbocycles. The molecule has 1 N–H and O–H groups in total. The molecule has 2 nitrogen and oxygen atoms in total. The van der Waals surface area contributed by atoms with Gasteiger partial charge < -0.3 is 10.1 Å². The van der Waals surface area contributed by atoms with Crippen molar-refractivity contribution < 1.29 is 4.74 Å². The van der Waals surface area contributed by atoms with Gasteiger partial charge in [0.2, 0.25) is 0 Å². The summed E-state index contributed by atoms with van der Waals surface area (Å²) in [4.78, 5) is 1.39. The van der Waals surface area contributed by atoms with Gasteiger partial charge in [-0.1, -0.05) is 38.7 Å². The molecule has 0 saturated carbocycles. The molecule has 0 spiro atoms. The normalized spacial score (nSPS) is 10.9. The van der Waals surface area contributed by atoms with E-state index >= 15 is 0 Å². The molecule has 98 valence electrons. The molecule has 0 saturated heterocycles. The van der Waals surface area contributed by atoms with Crippen molar-refractivity contribution in [3.63, 3.8) is 0 Å². The zero-order valence-corrected chi connectivity index (χ0v) is 11.7. The molecule has 0 radical (unpaired) electrons. The molecule has 0 fully saturated rings. The average molecular weight is 255 g/mol. The van der Waals surface area contributed by atoms with Crippen LogP contribution in [0.25, 0.3) is 0 Å². The van der Waals surface area contributed by atoms with Crippen molar-refractivity contribution in [3.05, 3.63) is 22.4 Å². The van der Waals surface area contributed by atoms with Crippen molar-refractivity contribution in [2.24, 2.45) is 0 Å². The fourth-order valence-corrected chi connectivity index (χ4v) is 2.35. The molecule has 1 heterocycles. The van der Waals surface area contributed by atoms with Crippen molar-refractivity contribution in [1.29, 1.82) is 0 Å². The lowest BCUT2D eigenvalue weighted by Crippen LogP contribution is -2.18. The van der Waals surface area contributed by atoms with Gasteiger partial charge in [-0.2, -0.15) is 0 Å². The summed E-state index contributed by atoms with van der Waals surface area (Å²) >= 11 is 1.80. The number of rotatable bonds is 11. The molecule has 0 amide bonds. The third-order valence-electron chi connectivity index (χ3n) is 2.69. The smallest absolute Gasteiger partial charge is 0.0591 e. The molecule has 0 bridgehead atoms. The predicted octanol–water partition coefficient (Wildman–Crippen LogP) is 3.82. The van der Waals surface area contributed by atoms with E-state index in [0.717, 1.165) is 26.3 Å². The van der Waals surface area contributed by atoms with Gasteiger partial charge >= 0.3 is 0 Å². The highest BCUT2D eigenvalue weighted by Crippen LogP contribution is 2.07. The molecule has 0 atom stereocenters. The zero-order valence-electron chi connectivity index (χ0n) is 10.9. The number of nitrogens with one attached hydrogen (secondary N) is 1. The van der Waals surface area contributed by atoms with Gasteiger partial charge in [0.25, 0.3) is 0 Å². The summed E-state index contributed by atoms with van der Waals surface area (Å²) in [5.74, 6) is 0. The van der Waals surface area contributed by atoms with E-state index < -0.39 is 0 Å². The lowest BCUT2D eigenvalue weighted by Gasteiger charge is -2.05. The van der Waals surface area contributed by atoms with E-state index in [9.17, 15) is 0 Å². The van der Waals surface area contributed by atoms with E-state index in [4.69, 9.17) is 4.74 Å². The van der Waals surface area contributed by atoms with Crippen LogP contribution in [0, 0.1) is 0 Å². The summed E-state index contributed by atoms with van der Waals surface area (Å²) in [5, 5.41) is 5.50. The summed E-state index contributed by atoms with van der Waals surface area (Å²) in [6.07, 6.45) is 6.56. The van der Waals surface area contributed by atoms with Crippen LogP contribution < -0.4 is 5.32 Å². The average Bonchev–Trinajstić information content (AvgIpc) is 2.85. The van der Waals surface area contributed by atoms with E-state index in [-0.39, 0.29) is 0 Å². The minimum atomic E-state index is 0.832. The van der Waals surface area contributed by atoms with Crippen molar-refractivity contribution >= 4 is 11.3 Å². The van der Waals surface area contributed by atoms with Crippen LogP contribution in [-0.4, -0.2) is 19.8 Å². The molecule has 0 aliphatic heterocycles. The highest BCUT2D eigenvalue weighted by atomic mass is 32.1. The van der Waals surface area contributed by atoms with Gasteiger partial charge in [0, 0.05) is 24.6 Å². The SMILES string of the molecule is CCCCCCCOCCNCc1cccs1. The Labute approximate surface area is 109 Å². The molecule has 1 aromatic heterocycles. The van der Waals surface area contributed by atoms with Crippen LogP contribution in [0.1, 0.15) is 43.9 Å². The van der Waals surface area contributed by atoms with Crippen LogP contribution in [-0.2, 0) is 11.3 Å². The largest absolute Gasteiger partial charge is 0.380 e. The maximum atomic E-state index is 5.57. The van der Waals surface area contributed by atoms with Crippen molar-refractivity contribution in [2.75, 3.05) is 19.8 Å². The fraction of sp³-hybridized carbons (Fsp3) is 0.714. The van der Waals surface area contributed by atoms with Crippen LogP contribution >= 0.6 is 11.3 Å². The summed E-state index contributed by atoms with van der Waals surface area (Å²) < 4.78 is 5.57. The van der Waals surface area contributed by atoms with Crippen molar-refractivity contribution in [1.82, 2.24) is 5.32 Å². The van der Waals surface area contributed by atoms with Crippen LogP contribution in [0.3, 0.4) is 0 Å². The number of thiophene rings is 1. The second-order valence-corrected chi connectivity index (χ2v) is 5.31. The van der Waals surface area contributed by atoms with E-state index in [1.807, 2.05) is 0 Å². The quantitative estimate of drug-likeness (QED) is 0.607. The summed E-state index contributed by atoms with van der Waals surface area (Å²) in [6.45, 7) is 5.92. The van der Waals surface area contributed by atoms with E-state index in [1.165, 1.54) is 37.0 Å². The van der Waals surface area contributed by atoms with Gasteiger partial charge in [-0.05, 0) is 17.9 Å². The van der Waals surface area contributed by atoms with Gasteiger partial charge in [0.1, 0.15) is 0 Å².